The van der Waals surface area contributed by atoms with Gasteiger partial charge in [-0.05, 0) is 19.3 Å². The molecule has 0 bridgehead atoms. The molecule has 0 aliphatic carbocycles. The lowest BCUT2D eigenvalue weighted by molar-refractivity contribution is -0.122. The predicted octanol–water partition coefficient (Wildman–Crippen LogP) is 2.07. The van der Waals surface area contributed by atoms with Crippen LogP contribution in [0.2, 0.25) is 0 Å². The van der Waals surface area contributed by atoms with Crippen LogP contribution in [0, 0.1) is 0 Å². The summed E-state index contributed by atoms with van der Waals surface area (Å²) in [5.41, 5.74) is 0. The van der Waals surface area contributed by atoms with Crippen LogP contribution < -0.4 is 5.32 Å². The van der Waals surface area contributed by atoms with Gasteiger partial charge in [0.25, 0.3) is 9.05 Å². The second kappa shape index (κ2) is 7.79. The number of amides is 1. The Morgan fingerprint density at radius 2 is 2.00 bits per heavy atom. The average Bonchev–Trinajstić information content (AvgIpc) is 2.79. The Kier molecular flexibility index (Phi) is 6.67. The Labute approximate surface area is 130 Å². The smallest absolute Gasteiger partial charge is 0.280 e. The third kappa shape index (κ3) is 5.32. The molecule has 8 heteroatoms. The highest BCUT2D eigenvalue weighted by molar-refractivity contribution is 8.13. The van der Waals surface area contributed by atoms with Gasteiger partial charge in [0.05, 0.1) is 0 Å². The van der Waals surface area contributed by atoms with Crippen LogP contribution in [0.1, 0.15) is 45.9 Å². The molecule has 0 atom stereocenters. The van der Waals surface area contributed by atoms with Crippen LogP contribution in [-0.4, -0.2) is 29.9 Å². The number of carbonyl (C=O) groups is 1. The van der Waals surface area contributed by atoms with E-state index in [0.29, 0.717) is 12.2 Å². The Morgan fingerprint density at radius 1 is 1.38 bits per heavy atom. The molecule has 0 saturated heterocycles. The number of aromatic nitrogens is 2. The van der Waals surface area contributed by atoms with E-state index in [1.165, 1.54) is 6.20 Å². The molecule has 21 heavy (non-hydrogen) atoms. The molecular weight excluding hydrogens is 314 g/mol. The zero-order valence-electron chi connectivity index (χ0n) is 12.6. The van der Waals surface area contributed by atoms with Gasteiger partial charge in [-0.15, -0.1) is 0 Å². The van der Waals surface area contributed by atoms with Crippen LogP contribution in [0.15, 0.2) is 11.2 Å². The lowest BCUT2D eigenvalue weighted by Gasteiger charge is -2.15. The molecule has 1 amide bonds. The van der Waals surface area contributed by atoms with Gasteiger partial charge in [0.15, 0.2) is 5.03 Å². The molecule has 0 aromatic carbocycles. The molecule has 6 nitrogen and oxygen atoms in total. The van der Waals surface area contributed by atoms with Crippen molar-refractivity contribution in [3.63, 3.8) is 0 Å². The second-order valence-corrected chi connectivity index (χ2v) is 7.40. The molecule has 0 saturated carbocycles. The fourth-order valence-corrected chi connectivity index (χ4v) is 2.72. The summed E-state index contributed by atoms with van der Waals surface area (Å²) in [6.45, 7) is 6.02. The van der Waals surface area contributed by atoms with Crippen LogP contribution in [-0.2, 0) is 26.8 Å². The van der Waals surface area contributed by atoms with E-state index in [0.717, 1.165) is 19.3 Å². The zero-order valence-corrected chi connectivity index (χ0v) is 14.2. The summed E-state index contributed by atoms with van der Waals surface area (Å²) in [6, 6.07) is 0.131. The van der Waals surface area contributed by atoms with E-state index < -0.39 is 9.05 Å². The molecule has 0 fully saturated rings. The second-order valence-electron chi connectivity index (χ2n) is 4.89. The summed E-state index contributed by atoms with van der Waals surface area (Å²) >= 11 is 0. The first-order chi connectivity index (χ1) is 9.81. The number of hydrogen-bond donors (Lipinski definition) is 1. The van der Waals surface area contributed by atoms with E-state index in [9.17, 15) is 13.2 Å². The first-order valence-corrected chi connectivity index (χ1v) is 9.42. The molecule has 0 radical (unpaired) electrons. The van der Waals surface area contributed by atoms with Crippen molar-refractivity contribution in [2.45, 2.75) is 64.1 Å². The molecule has 0 unspecified atom stereocenters. The number of hydrogen-bond acceptors (Lipinski definition) is 4. The summed E-state index contributed by atoms with van der Waals surface area (Å²) in [5, 5.41) is 2.71. The van der Waals surface area contributed by atoms with Gasteiger partial charge in [-0.2, -0.15) is 0 Å². The van der Waals surface area contributed by atoms with E-state index in [-0.39, 0.29) is 23.5 Å². The maximum atomic E-state index is 12.0. The maximum Gasteiger partial charge on any atom is 0.280 e. The van der Waals surface area contributed by atoms with Gasteiger partial charge in [-0.3, -0.25) is 4.79 Å². The first kappa shape index (κ1) is 18.0. The van der Waals surface area contributed by atoms with Gasteiger partial charge in [0.1, 0.15) is 12.4 Å². The summed E-state index contributed by atoms with van der Waals surface area (Å²) < 4.78 is 24.2. The highest BCUT2D eigenvalue weighted by atomic mass is 35.7. The Hall–Kier alpha value is -1.08. The number of aryl methyl sites for hydroxylation is 1. The van der Waals surface area contributed by atoms with Crippen LogP contribution in [0.25, 0.3) is 0 Å². The van der Waals surface area contributed by atoms with Crippen LogP contribution in [0.5, 0.6) is 0 Å². The van der Waals surface area contributed by atoms with Crippen molar-refractivity contribution < 1.29 is 13.2 Å². The lowest BCUT2D eigenvalue weighted by Crippen LogP contribution is -2.36. The largest absolute Gasteiger partial charge is 0.352 e. The molecule has 1 heterocycles. The number of rotatable bonds is 8. The van der Waals surface area contributed by atoms with E-state index in [4.69, 9.17) is 10.7 Å². The highest BCUT2D eigenvalue weighted by Crippen LogP contribution is 2.15. The van der Waals surface area contributed by atoms with Crippen molar-refractivity contribution in [2.24, 2.45) is 0 Å². The van der Waals surface area contributed by atoms with Gasteiger partial charge in [-0.1, -0.05) is 20.8 Å². The number of nitrogens with one attached hydrogen (secondary N) is 1. The van der Waals surface area contributed by atoms with Gasteiger partial charge in [0.2, 0.25) is 5.91 Å². The monoisotopic (exact) mass is 335 g/mol. The van der Waals surface area contributed by atoms with Gasteiger partial charge in [-0.25, -0.2) is 13.4 Å². The SMILES string of the molecule is CCCc1nc(S(=O)(=O)Cl)cn1CC(=O)NC(CC)CC. The molecule has 0 aliphatic heterocycles. The van der Waals surface area contributed by atoms with Crippen molar-refractivity contribution in [3.05, 3.63) is 12.0 Å². The summed E-state index contributed by atoms with van der Waals surface area (Å²) in [6.07, 6.45) is 4.42. The molecule has 0 aliphatic rings. The quantitative estimate of drug-likeness (QED) is 0.737. The molecule has 1 aromatic heterocycles. The van der Waals surface area contributed by atoms with Gasteiger partial charge in [0, 0.05) is 29.3 Å². The van der Waals surface area contributed by atoms with E-state index in [2.05, 4.69) is 10.3 Å². The van der Waals surface area contributed by atoms with E-state index in [1.54, 1.807) is 4.57 Å². The third-order valence-corrected chi connectivity index (χ3v) is 4.40. The fraction of sp³-hybridized carbons (Fsp3) is 0.692. The van der Waals surface area contributed by atoms with Crippen molar-refractivity contribution in [3.8, 4) is 0 Å². The Morgan fingerprint density at radius 3 is 2.48 bits per heavy atom. The summed E-state index contributed by atoms with van der Waals surface area (Å²) in [7, 11) is 1.42. The molecule has 1 N–H and O–H groups in total. The van der Waals surface area contributed by atoms with Crippen molar-refractivity contribution in [2.75, 3.05) is 0 Å². The molecular formula is C13H22ClN3O3S. The number of halogens is 1. The standard InChI is InChI=1S/C13H22ClN3O3S/c1-4-7-11-16-13(21(14,19)20)9-17(11)8-12(18)15-10(5-2)6-3/h9-10H,4-8H2,1-3H3,(H,15,18). The highest BCUT2D eigenvalue weighted by Gasteiger charge is 2.19. The minimum atomic E-state index is -3.88. The topological polar surface area (TPSA) is 81.1 Å². The third-order valence-electron chi connectivity index (χ3n) is 3.23. The maximum absolute atomic E-state index is 12.0. The normalized spacial score (nSPS) is 11.9. The van der Waals surface area contributed by atoms with Crippen molar-refractivity contribution in [1.82, 2.24) is 14.9 Å². The molecule has 1 rings (SSSR count). The van der Waals surface area contributed by atoms with Gasteiger partial charge < -0.3 is 9.88 Å². The van der Waals surface area contributed by atoms with E-state index in [1.807, 2.05) is 20.8 Å². The number of nitrogens with zero attached hydrogens (tertiary/aromatic N) is 2. The molecule has 1 aromatic rings. The van der Waals surface area contributed by atoms with Gasteiger partial charge >= 0.3 is 0 Å². The number of imidazole rings is 1. The molecule has 120 valence electrons. The molecule has 0 spiro atoms. The van der Waals surface area contributed by atoms with Crippen molar-refractivity contribution >= 4 is 25.6 Å². The summed E-state index contributed by atoms with van der Waals surface area (Å²) in [4.78, 5) is 16.0. The zero-order chi connectivity index (χ0) is 16.0. The van der Waals surface area contributed by atoms with Crippen molar-refractivity contribution in [1.29, 1.82) is 0 Å². The number of carbonyl (C=O) groups excluding carboxylic acids is 1. The van der Waals surface area contributed by atoms with Crippen LogP contribution in [0.3, 0.4) is 0 Å². The Bertz CT molecular complexity index is 579. The van der Waals surface area contributed by atoms with Crippen LogP contribution >= 0.6 is 10.7 Å². The predicted molar refractivity (Wildman–Crippen MR) is 81.8 cm³/mol. The van der Waals surface area contributed by atoms with Crippen LogP contribution in [0.4, 0.5) is 0 Å². The fourth-order valence-electron chi connectivity index (χ4n) is 2.03. The summed E-state index contributed by atoms with van der Waals surface area (Å²) in [5.74, 6) is 0.397. The van der Waals surface area contributed by atoms with E-state index >= 15 is 0 Å². The lowest BCUT2D eigenvalue weighted by atomic mass is 10.2. The minimum absolute atomic E-state index is 0.0469. The average molecular weight is 336 g/mol. The Balaban J connectivity index is 2.91. The minimum Gasteiger partial charge on any atom is -0.352 e. The first-order valence-electron chi connectivity index (χ1n) is 7.11.